The van der Waals surface area contributed by atoms with Gasteiger partial charge < -0.3 is 5.11 Å². The average molecular weight is 221 g/mol. The first-order chi connectivity index (χ1) is 7.45. The molecule has 16 heavy (non-hydrogen) atoms. The van der Waals surface area contributed by atoms with Crippen molar-refractivity contribution < 1.29 is 5.11 Å². The summed E-state index contributed by atoms with van der Waals surface area (Å²) in [6.45, 7) is 8.80. The van der Waals surface area contributed by atoms with E-state index in [4.69, 9.17) is 0 Å². The molecule has 0 fully saturated rings. The summed E-state index contributed by atoms with van der Waals surface area (Å²) in [6, 6.07) is 8.30. The number of rotatable bonds is 4. The molecule has 0 aliphatic carbocycles. The molecule has 1 aromatic carbocycles. The highest BCUT2D eigenvalue weighted by Crippen LogP contribution is 2.29. The van der Waals surface area contributed by atoms with E-state index in [1.165, 1.54) is 0 Å². The summed E-state index contributed by atoms with van der Waals surface area (Å²) in [7, 11) is 2.11. The van der Waals surface area contributed by atoms with Gasteiger partial charge in [-0.25, -0.2) is 0 Å². The van der Waals surface area contributed by atoms with E-state index in [9.17, 15) is 5.11 Å². The summed E-state index contributed by atoms with van der Waals surface area (Å²) in [6.07, 6.45) is 0. The Kier molecular flexibility index (Phi) is 4.36. The largest absolute Gasteiger partial charge is 0.508 e. The number of phenols is 1. The molecule has 0 aliphatic heterocycles. The minimum Gasteiger partial charge on any atom is -0.508 e. The second kappa shape index (κ2) is 5.35. The number of aromatic hydroxyl groups is 1. The number of phenolic OH excluding ortho intramolecular Hbond substituents is 1. The van der Waals surface area contributed by atoms with E-state index >= 15 is 0 Å². The molecule has 0 amide bonds. The van der Waals surface area contributed by atoms with E-state index in [1.54, 1.807) is 6.07 Å². The van der Waals surface area contributed by atoms with Gasteiger partial charge in [0.05, 0.1) is 0 Å². The Hall–Kier alpha value is -1.02. The van der Waals surface area contributed by atoms with Crippen LogP contribution in [0, 0.1) is 5.92 Å². The van der Waals surface area contributed by atoms with Gasteiger partial charge in [-0.15, -0.1) is 0 Å². The quantitative estimate of drug-likeness (QED) is 0.842. The van der Waals surface area contributed by atoms with Crippen LogP contribution in [0.5, 0.6) is 5.75 Å². The van der Waals surface area contributed by atoms with Gasteiger partial charge in [-0.1, -0.05) is 32.0 Å². The third-order valence-electron chi connectivity index (χ3n) is 3.60. The number of hydrogen-bond donors (Lipinski definition) is 1. The Morgan fingerprint density at radius 3 is 2.12 bits per heavy atom. The lowest BCUT2D eigenvalue weighted by Gasteiger charge is -2.33. The van der Waals surface area contributed by atoms with Crippen LogP contribution in [0.2, 0.25) is 0 Å². The average Bonchev–Trinajstić information content (AvgIpc) is 2.26. The molecular weight excluding hydrogens is 198 g/mol. The normalized spacial score (nSPS) is 15.4. The van der Waals surface area contributed by atoms with Crippen molar-refractivity contribution in [1.82, 2.24) is 4.90 Å². The molecule has 0 heterocycles. The van der Waals surface area contributed by atoms with E-state index in [2.05, 4.69) is 39.6 Å². The molecule has 0 aliphatic rings. The van der Waals surface area contributed by atoms with Gasteiger partial charge in [-0.3, -0.25) is 4.90 Å². The maximum Gasteiger partial charge on any atom is 0.120 e. The van der Waals surface area contributed by atoms with Crippen LogP contribution in [0.3, 0.4) is 0 Å². The van der Waals surface area contributed by atoms with Gasteiger partial charge in [0, 0.05) is 17.6 Å². The Morgan fingerprint density at radius 1 is 1.06 bits per heavy atom. The highest BCUT2D eigenvalue weighted by Gasteiger charge is 2.21. The molecule has 1 N–H and O–H groups in total. The minimum absolute atomic E-state index is 0.235. The summed E-state index contributed by atoms with van der Waals surface area (Å²) in [4.78, 5) is 2.31. The molecule has 1 aromatic rings. The molecule has 0 saturated carbocycles. The SMILES string of the molecule is CC(C)C(C)N(C)C(C)c1ccccc1O. The van der Waals surface area contributed by atoms with Gasteiger partial charge in [-0.05, 0) is 32.9 Å². The van der Waals surface area contributed by atoms with Crippen LogP contribution in [0.1, 0.15) is 39.3 Å². The number of para-hydroxylation sites is 1. The summed E-state index contributed by atoms with van der Waals surface area (Å²) in [5.74, 6) is 0.996. The number of nitrogens with zero attached hydrogens (tertiary/aromatic N) is 1. The van der Waals surface area contributed by atoms with Crippen LogP contribution >= 0.6 is 0 Å². The fraction of sp³-hybridized carbons (Fsp3) is 0.571. The van der Waals surface area contributed by atoms with Crippen LogP contribution in [-0.2, 0) is 0 Å². The lowest BCUT2D eigenvalue weighted by molar-refractivity contribution is 0.156. The molecule has 1 rings (SSSR count). The lowest BCUT2D eigenvalue weighted by atomic mass is 10.00. The minimum atomic E-state index is 0.235. The molecule has 0 aromatic heterocycles. The zero-order valence-electron chi connectivity index (χ0n) is 10.9. The molecule has 90 valence electrons. The summed E-state index contributed by atoms with van der Waals surface area (Å²) < 4.78 is 0. The molecule has 0 radical (unpaired) electrons. The van der Waals surface area contributed by atoms with Crippen LogP contribution in [0.15, 0.2) is 24.3 Å². The Bertz CT molecular complexity index is 335. The topological polar surface area (TPSA) is 23.5 Å². The first kappa shape index (κ1) is 13.0. The monoisotopic (exact) mass is 221 g/mol. The molecule has 0 bridgehead atoms. The molecule has 2 atom stereocenters. The molecule has 2 unspecified atom stereocenters. The van der Waals surface area contributed by atoms with E-state index in [1.807, 2.05) is 18.2 Å². The second-order valence-corrected chi connectivity index (χ2v) is 4.88. The van der Waals surface area contributed by atoms with Crippen LogP contribution < -0.4 is 0 Å². The maximum absolute atomic E-state index is 9.82. The van der Waals surface area contributed by atoms with Gasteiger partial charge in [0.25, 0.3) is 0 Å². The number of benzene rings is 1. The Labute approximate surface area is 98.9 Å². The Balaban J connectivity index is 2.86. The van der Waals surface area contributed by atoms with Gasteiger partial charge in [0.15, 0.2) is 0 Å². The van der Waals surface area contributed by atoms with E-state index in [-0.39, 0.29) is 6.04 Å². The zero-order chi connectivity index (χ0) is 12.3. The summed E-state index contributed by atoms with van der Waals surface area (Å²) in [5, 5.41) is 9.82. The maximum atomic E-state index is 9.82. The van der Waals surface area contributed by atoms with Crippen molar-refractivity contribution in [2.24, 2.45) is 5.92 Å². The predicted octanol–water partition coefficient (Wildman–Crippen LogP) is 3.43. The fourth-order valence-electron chi connectivity index (χ4n) is 1.88. The first-order valence-electron chi connectivity index (χ1n) is 5.95. The highest BCUT2D eigenvalue weighted by molar-refractivity contribution is 5.34. The van der Waals surface area contributed by atoms with Crippen molar-refractivity contribution in [3.63, 3.8) is 0 Å². The predicted molar refractivity (Wildman–Crippen MR) is 68.6 cm³/mol. The third kappa shape index (κ3) is 2.76. The van der Waals surface area contributed by atoms with Crippen molar-refractivity contribution in [3.8, 4) is 5.75 Å². The number of hydrogen-bond acceptors (Lipinski definition) is 2. The Morgan fingerprint density at radius 2 is 1.62 bits per heavy atom. The van der Waals surface area contributed by atoms with Crippen LogP contribution in [0.4, 0.5) is 0 Å². The smallest absolute Gasteiger partial charge is 0.120 e. The molecule has 2 heteroatoms. The van der Waals surface area contributed by atoms with E-state index in [0.717, 1.165) is 5.56 Å². The van der Waals surface area contributed by atoms with Crippen molar-refractivity contribution in [1.29, 1.82) is 0 Å². The fourth-order valence-corrected chi connectivity index (χ4v) is 1.88. The van der Waals surface area contributed by atoms with Crippen molar-refractivity contribution in [2.45, 2.75) is 39.8 Å². The van der Waals surface area contributed by atoms with Gasteiger partial charge >= 0.3 is 0 Å². The lowest BCUT2D eigenvalue weighted by Crippen LogP contribution is -2.35. The van der Waals surface area contributed by atoms with Crippen LogP contribution in [-0.4, -0.2) is 23.1 Å². The second-order valence-electron chi connectivity index (χ2n) is 4.88. The van der Waals surface area contributed by atoms with Crippen molar-refractivity contribution >= 4 is 0 Å². The van der Waals surface area contributed by atoms with Crippen molar-refractivity contribution in [3.05, 3.63) is 29.8 Å². The van der Waals surface area contributed by atoms with Gasteiger partial charge in [0.2, 0.25) is 0 Å². The van der Waals surface area contributed by atoms with E-state index in [0.29, 0.717) is 17.7 Å². The summed E-state index contributed by atoms with van der Waals surface area (Å²) in [5.41, 5.74) is 0.998. The zero-order valence-corrected chi connectivity index (χ0v) is 10.9. The molecule has 2 nitrogen and oxygen atoms in total. The molecular formula is C14H23NO. The van der Waals surface area contributed by atoms with Gasteiger partial charge in [0.1, 0.15) is 5.75 Å². The van der Waals surface area contributed by atoms with Crippen molar-refractivity contribution in [2.75, 3.05) is 7.05 Å². The molecule has 0 saturated heterocycles. The third-order valence-corrected chi connectivity index (χ3v) is 3.60. The molecule has 0 spiro atoms. The van der Waals surface area contributed by atoms with Gasteiger partial charge in [-0.2, -0.15) is 0 Å². The van der Waals surface area contributed by atoms with Crippen LogP contribution in [0.25, 0.3) is 0 Å². The summed E-state index contributed by atoms with van der Waals surface area (Å²) >= 11 is 0. The first-order valence-corrected chi connectivity index (χ1v) is 5.95. The van der Waals surface area contributed by atoms with E-state index < -0.39 is 0 Å². The highest BCUT2D eigenvalue weighted by atomic mass is 16.3. The standard InChI is InChI=1S/C14H23NO/c1-10(2)11(3)15(5)12(4)13-8-6-7-9-14(13)16/h6-12,16H,1-5H3.